The van der Waals surface area contributed by atoms with E-state index >= 15 is 0 Å². The highest BCUT2D eigenvalue weighted by Crippen LogP contribution is 2.36. The molecule has 88 valence electrons. The number of halogens is 3. The molecule has 4 nitrogen and oxygen atoms in total. The van der Waals surface area contributed by atoms with Crippen LogP contribution in [0.25, 0.3) is 11.3 Å². The Hall–Kier alpha value is -1.23. The van der Waals surface area contributed by atoms with Crippen LogP contribution in [0, 0.1) is 0 Å². The molecule has 17 heavy (non-hydrogen) atoms. The summed E-state index contributed by atoms with van der Waals surface area (Å²) in [6, 6.07) is 4.73. The molecule has 2 aromatic rings. The summed E-state index contributed by atoms with van der Waals surface area (Å²) in [5.41, 5.74) is 12.1. The Labute approximate surface area is 113 Å². The van der Waals surface area contributed by atoms with Gasteiger partial charge >= 0.3 is 0 Å². The molecule has 0 unspecified atom stereocenters. The second-order valence-corrected chi connectivity index (χ2v) is 4.51. The standard InChI is InChI=1S/C10H7Cl3N4/c11-4-1-5(9(13)6(12)2-4)7-3-8(14)17-10(15)16-7/h1-3H,(H4,14,15,16,17). The molecule has 1 heterocycles. The van der Waals surface area contributed by atoms with Gasteiger partial charge in [0, 0.05) is 16.7 Å². The minimum Gasteiger partial charge on any atom is -0.384 e. The maximum absolute atomic E-state index is 6.07. The molecule has 0 aliphatic rings. The zero-order valence-electron chi connectivity index (χ0n) is 8.42. The van der Waals surface area contributed by atoms with Gasteiger partial charge in [-0.25, -0.2) is 4.98 Å². The topological polar surface area (TPSA) is 77.8 Å². The first-order valence-electron chi connectivity index (χ1n) is 4.52. The predicted octanol–water partition coefficient (Wildman–Crippen LogP) is 3.27. The SMILES string of the molecule is Nc1cc(-c2cc(Cl)cc(Cl)c2Cl)nc(N)n1. The summed E-state index contributed by atoms with van der Waals surface area (Å²) in [5, 5.41) is 1.13. The van der Waals surface area contributed by atoms with Crippen LogP contribution in [0.1, 0.15) is 0 Å². The zero-order valence-corrected chi connectivity index (χ0v) is 10.7. The lowest BCUT2D eigenvalue weighted by Gasteiger charge is -2.07. The number of aromatic nitrogens is 2. The largest absolute Gasteiger partial charge is 0.384 e. The molecule has 0 saturated heterocycles. The van der Waals surface area contributed by atoms with Gasteiger partial charge in [0.15, 0.2) is 0 Å². The van der Waals surface area contributed by atoms with Crippen LogP contribution in [-0.2, 0) is 0 Å². The summed E-state index contributed by atoms with van der Waals surface area (Å²) >= 11 is 17.9. The first-order chi connectivity index (χ1) is 7.97. The van der Waals surface area contributed by atoms with Crippen molar-refractivity contribution in [2.75, 3.05) is 11.5 Å². The lowest BCUT2D eigenvalue weighted by atomic mass is 10.1. The molecule has 0 radical (unpaired) electrons. The van der Waals surface area contributed by atoms with Gasteiger partial charge in [0.05, 0.1) is 15.7 Å². The van der Waals surface area contributed by atoms with E-state index in [2.05, 4.69) is 9.97 Å². The van der Waals surface area contributed by atoms with Crippen molar-refractivity contribution in [1.82, 2.24) is 9.97 Å². The van der Waals surface area contributed by atoms with Crippen LogP contribution < -0.4 is 11.5 Å². The highest BCUT2D eigenvalue weighted by molar-refractivity contribution is 6.45. The Kier molecular flexibility index (Phi) is 3.28. The molecule has 7 heteroatoms. The third-order valence-corrected chi connectivity index (χ3v) is 3.05. The van der Waals surface area contributed by atoms with E-state index in [1.54, 1.807) is 18.2 Å². The van der Waals surface area contributed by atoms with Crippen LogP contribution in [0.2, 0.25) is 15.1 Å². The van der Waals surface area contributed by atoms with E-state index in [-0.39, 0.29) is 11.8 Å². The first kappa shape index (κ1) is 12.2. The third kappa shape index (κ3) is 2.54. The lowest BCUT2D eigenvalue weighted by Crippen LogP contribution is -2.00. The van der Waals surface area contributed by atoms with Gasteiger partial charge in [-0.05, 0) is 12.1 Å². The normalized spacial score (nSPS) is 10.5. The fourth-order valence-electron chi connectivity index (χ4n) is 1.37. The van der Waals surface area contributed by atoms with Crippen molar-refractivity contribution in [3.8, 4) is 11.3 Å². The van der Waals surface area contributed by atoms with Crippen molar-refractivity contribution in [3.63, 3.8) is 0 Å². The van der Waals surface area contributed by atoms with Crippen LogP contribution >= 0.6 is 34.8 Å². The molecular weight excluding hydrogens is 282 g/mol. The van der Waals surface area contributed by atoms with Crippen molar-refractivity contribution in [2.24, 2.45) is 0 Å². The average Bonchev–Trinajstić information content (AvgIpc) is 2.22. The van der Waals surface area contributed by atoms with Crippen LogP contribution in [0.3, 0.4) is 0 Å². The molecule has 0 atom stereocenters. The van der Waals surface area contributed by atoms with Crippen molar-refractivity contribution < 1.29 is 0 Å². The minimum atomic E-state index is 0.0622. The molecule has 0 aliphatic carbocycles. The number of anilines is 2. The molecule has 0 saturated carbocycles. The quantitative estimate of drug-likeness (QED) is 0.790. The molecule has 0 amide bonds. The fraction of sp³-hybridized carbons (Fsp3) is 0. The lowest BCUT2D eigenvalue weighted by molar-refractivity contribution is 1.20. The molecule has 0 spiro atoms. The molecule has 0 aliphatic heterocycles. The van der Waals surface area contributed by atoms with Crippen LogP contribution in [0.5, 0.6) is 0 Å². The smallest absolute Gasteiger partial charge is 0.222 e. The Balaban J connectivity index is 2.67. The summed E-state index contributed by atoms with van der Waals surface area (Å²) in [5.74, 6) is 0.312. The highest BCUT2D eigenvalue weighted by Gasteiger charge is 2.11. The number of benzene rings is 1. The van der Waals surface area contributed by atoms with Gasteiger partial charge in [0.2, 0.25) is 5.95 Å². The number of nitrogens with zero attached hydrogens (tertiary/aromatic N) is 2. The summed E-state index contributed by atoms with van der Waals surface area (Å²) < 4.78 is 0. The number of nitrogens with two attached hydrogens (primary N) is 2. The van der Waals surface area contributed by atoms with E-state index in [0.717, 1.165) is 0 Å². The van der Waals surface area contributed by atoms with E-state index in [4.69, 9.17) is 46.3 Å². The predicted molar refractivity (Wildman–Crippen MR) is 71.3 cm³/mol. The number of hydrogen-bond donors (Lipinski definition) is 2. The molecule has 1 aromatic carbocycles. The van der Waals surface area contributed by atoms with E-state index in [1.165, 1.54) is 0 Å². The summed E-state index contributed by atoms with van der Waals surface area (Å²) in [6.07, 6.45) is 0. The maximum Gasteiger partial charge on any atom is 0.222 e. The van der Waals surface area contributed by atoms with Gasteiger partial charge in [-0.15, -0.1) is 0 Å². The van der Waals surface area contributed by atoms with Gasteiger partial charge in [-0.2, -0.15) is 4.98 Å². The molecular formula is C10H7Cl3N4. The molecule has 1 aromatic heterocycles. The number of nitrogen functional groups attached to an aromatic ring is 2. The molecule has 0 fully saturated rings. The monoisotopic (exact) mass is 288 g/mol. The molecule has 2 rings (SSSR count). The highest BCUT2D eigenvalue weighted by atomic mass is 35.5. The Morgan fingerprint density at radius 1 is 0.941 bits per heavy atom. The zero-order chi connectivity index (χ0) is 12.6. The molecule has 4 N–H and O–H groups in total. The van der Waals surface area contributed by atoms with Crippen LogP contribution in [0.15, 0.2) is 18.2 Å². The second-order valence-electron chi connectivity index (χ2n) is 3.29. The first-order valence-corrected chi connectivity index (χ1v) is 5.65. The van der Waals surface area contributed by atoms with Gasteiger partial charge in [0.1, 0.15) is 5.82 Å². The van der Waals surface area contributed by atoms with Crippen molar-refractivity contribution in [2.45, 2.75) is 0 Å². The maximum atomic E-state index is 6.07. The molecule has 0 bridgehead atoms. The van der Waals surface area contributed by atoms with Crippen LogP contribution in [-0.4, -0.2) is 9.97 Å². The van der Waals surface area contributed by atoms with Gasteiger partial charge in [0.25, 0.3) is 0 Å². The van der Waals surface area contributed by atoms with Crippen molar-refractivity contribution in [3.05, 3.63) is 33.3 Å². The summed E-state index contributed by atoms with van der Waals surface area (Å²) in [4.78, 5) is 7.80. The van der Waals surface area contributed by atoms with Gasteiger partial charge in [-0.3, -0.25) is 0 Å². The Morgan fingerprint density at radius 2 is 1.65 bits per heavy atom. The fourth-order valence-corrected chi connectivity index (χ4v) is 2.06. The third-order valence-electron chi connectivity index (χ3n) is 2.03. The minimum absolute atomic E-state index is 0.0622. The van der Waals surface area contributed by atoms with E-state index < -0.39 is 0 Å². The van der Waals surface area contributed by atoms with Gasteiger partial charge < -0.3 is 11.5 Å². The van der Waals surface area contributed by atoms with E-state index in [1.807, 2.05) is 0 Å². The van der Waals surface area contributed by atoms with E-state index in [9.17, 15) is 0 Å². The Morgan fingerprint density at radius 3 is 2.29 bits per heavy atom. The summed E-state index contributed by atoms with van der Waals surface area (Å²) in [7, 11) is 0. The van der Waals surface area contributed by atoms with E-state index in [0.29, 0.717) is 26.3 Å². The number of hydrogen-bond acceptors (Lipinski definition) is 4. The second kappa shape index (κ2) is 4.56. The van der Waals surface area contributed by atoms with Crippen LogP contribution in [0.4, 0.5) is 11.8 Å². The Bertz CT molecular complexity index is 566. The average molecular weight is 290 g/mol. The van der Waals surface area contributed by atoms with Crippen molar-refractivity contribution >= 4 is 46.6 Å². The van der Waals surface area contributed by atoms with Crippen molar-refractivity contribution in [1.29, 1.82) is 0 Å². The summed E-state index contributed by atoms with van der Waals surface area (Å²) in [6.45, 7) is 0. The number of rotatable bonds is 1. The van der Waals surface area contributed by atoms with Gasteiger partial charge in [-0.1, -0.05) is 34.8 Å².